The van der Waals surface area contributed by atoms with Crippen LogP contribution in [0, 0.1) is 5.92 Å². The van der Waals surface area contributed by atoms with Gasteiger partial charge in [0.15, 0.2) is 0 Å². The highest BCUT2D eigenvalue weighted by Crippen LogP contribution is 2.22. The Hall–Kier alpha value is -1.06. The van der Waals surface area contributed by atoms with E-state index in [-0.39, 0.29) is 5.92 Å². The van der Waals surface area contributed by atoms with Crippen LogP contribution in [0.1, 0.15) is 40.2 Å². The maximum atomic E-state index is 10.2. The molecule has 3 nitrogen and oxygen atoms in total. The molecule has 1 atom stereocenters. The van der Waals surface area contributed by atoms with Gasteiger partial charge in [-0.05, 0) is 18.9 Å². The minimum atomic E-state index is -0.807. The summed E-state index contributed by atoms with van der Waals surface area (Å²) in [6, 6.07) is 8.40. The normalized spacial score (nSPS) is 14.7. The zero-order valence-corrected chi connectivity index (χ0v) is 12.7. The first-order chi connectivity index (χ1) is 8.83. The highest BCUT2D eigenvalue weighted by molar-refractivity contribution is 5.33. The standard InChI is InChI=1S/C16H27NO2/c1-12(2)16(5,18)11-19-15-9-7-6-8-14(15)10-17-13(3)4/h6-9,12-13,17-18H,10-11H2,1-5H3. The van der Waals surface area contributed by atoms with Crippen LogP contribution in [0.25, 0.3) is 0 Å². The zero-order valence-electron chi connectivity index (χ0n) is 12.7. The van der Waals surface area contributed by atoms with Crippen molar-refractivity contribution >= 4 is 0 Å². The van der Waals surface area contributed by atoms with Crippen molar-refractivity contribution in [3.05, 3.63) is 29.8 Å². The summed E-state index contributed by atoms with van der Waals surface area (Å²) in [6.45, 7) is 11.1. The molecule has 0 radical (unpaired) electrons. The number of hydrogen-bond donors (Lipinski definition) is 2. The lowest BCUT2D eigenvalue weighted by molar-refractivity contribution is -0.0268. The van der Waals surface area contributed by atoms with E-state index in [1.165, 1.54) is 0 Å². The molecule has 0 bridgehead atoms. The van der Waals surface area contributed by atoms with Gasteiger partial charge in [0.2, 0.25) is 0 Å². The first-order valence-corrected chi connectivity index (χ1v) is 6.99. The van der Waals surface area contributed by atoms with Gasteiger partial charge < -0.3 is 15.2 Å². The second-order valence-electron chi connectivity index (χ2n) is 5.94. The van der Waals surface area contributed by atoms with E-state index in [9.17, 15) is 5.11 Å². The topological polar surface area (TPSA) is 41.5 Å². The Morgan fingerprint density at radius 1 is 1.21 bits per heavy atom. The van der Waals surface area contributed by atoms with Crippen LogP contribution in [0.3, 0.4) is 0 Å². The molecule has 1 aromatic carbocycles. The van der Waals surface area contributed by atoms with Crippen molar-refractivity contribution in [1.82, 2.24) is 5.32 Å². The number of benzene rings is 1. The van der Waals surface area contributed by atoms with E-state index in [2.05, 4.69) is 25.2 Å². The molecule has 0 heterocycles. The highest BCUT2D eigenvalue weighted by atomic mass is 16.5. The number of rotatable bonds is 7. The highest BCUT2D eigenvalue weighted by Gasteiger charge is 2.26. The molecular formula is C16H27NO2. The Bertz CT molecular complexity index is 386. The van der Waals surface area contributed by atoms with Crippen LogP contribution in [0.15, 0.2) is 24.3 Å². The largest absolute Gasteiger partial charge is 0.490 e. The lowest BCUT2D eigenvalue weighted by Gasteiger charge is -2.28. The van der Waals surface area contributed by atoms with Gasteiger partial charge in [0, 0.05) is 18.2 Å². The third-order valence-corrected chi connectivity index (χ3v) is 3.44. The second-order valence-corrected chi connectivity index (χ2v) is 5.94. The van der Waals surface area contributed by atoms with Crippen LogP contribution in [0.2, 0.25) is 0 Å². The van der Waals surface area contributed by atoms with Gasteiger partial charge in [-0.15, -0.1) is 0 Å². The fourth-order valence-electron chi connectivity index (χ4n) is 1.50. The molecule has 1 rings (SSSR count). The summed E-state index contributed by atoms with van der Waals surface area (Å²) in [7, 11) is 0. The van der Waals surface area contributed by atoms with Gasteiger partial charge in [-0.25, -0.2) is 0 Å². The predicted octanol–water partition coefficient (Wildman–Crippen LogP) is 2.97. The van der Waals surface area contributed by atoms with Crippen molar-refractivity contribution < 1.29 is 9.84 Å². The first-order valence-electron chi connectivity index (χ1n) is 6.99. The maximum absolute atomic E-state index is 10.2. The van der Waals surface area contributed by atoms with Gasteiger partial charge in [-0.1, -0.05) is 45.9 Å². The Morgan fingerprint density at radius 3 is 2.42 bits per heavy atom. The minimum Gasteiger partial charge on any atom is -0.490 e. The molecule has 0 saturated carbocycles. The number of nitrogens with one attached hydrogen (secondary N) is 1. The van der Waals surface area contributed by atoms with E-state index in [1.807, 2.05) is 39.0 Å². The molecule has 108 valence electrons. The van der Waals surface area contributed by atoms with Crippen molar-refractivity contribution in [3.8, 4) is 5.75 Å². The van der Waals surface area contributed by atoms with Gasteiger partial charge in [0.25, 0.3) is 0 Å². The Labute approximate surface area is 117 Å². The van der Waals surface area contributed by atoms with Gasteiger partial charge >= 0.3 is 0 Å². The van der Waals surface area contributed by atoms with Crippen LogP contribution in [0.5, 0.6) is 5.75 Å². The van der Waals surface area contributed by atoms with Crippen molar-refractivity contribution in [2.75, 3.05) is 6.61 Å². The van der Waals surface area contributed by atoms with Crippen LogP contribution < -0.4 is 10.1 Å². The fraction of sp³-hybridized carbons (Fsp3) is 0.625. The molecular weight excluding hydrogens is 238 g/mol. The summed E-state index contributed by atoms with van der Waals surface area (Å²) in [5.74, 6) is 1.00. The van der Waals surface area contributed by atoms with Crippen molar-refractivity contribution in [2.45, 2.75) is 52.8 Å². The number of para-hydroxylation sites is 1. The first kappa shape index (κ1) is 16.0. The smallest absolute Gasteiger partial charge is 0.123 e. The van der Waals surface area contributed by atoms with Gasteiger partial charge in [0.05, 0.1) is 5.60 Å². The van der Waals surface area contributed by atoms with Crippen molar-refractivity contribution in [1.29, 1.82) is 0 Å². The number of aliphatic hydroxyl groups is 1. The van der Waals surface area contributed by atoms with Crippen LogP contribution in [-0.4, -0.2) is 23.4 Å². The molecule has 2 N–H and O–H groups in total. The number of ether oxygens (including phenoxy) is 1. The Balaban J connectivity index is 2.67. The minimum absolute atomic E-state index is 0.161. The van der Waals surface area contributed by atoms with Gasteiger partial charge in [0.1, 0.15) is 12.4 Å². The molecule has 0 fully saturated rings. The molecule has 1 aromatic rings. The lowest BCUT2D eigenvalue weighted by atomic mass is 9.94. The van der Waals surface area contributed by atoms with E-state index in [4.69, 9.17) is 4.74 Å². The molecule has 0 aliphatic rings. The molecule has 19 heavy (non-hydrogen) atoms. The van der Waals surface area contributed by atoms with E-state index >= 15 is 0 Å². The monoisotopic (exact) mass is 265 g/mol. The second kappa shape index (κ2) is 6.92. The SMILES string of the molecule is CC(C)NCc1ccccc1OCC(C)(O)C(C)C. The summed E-state index contributed by atoms with van der Waals surface area (Å²) >= 11 is 0. The summed E-state index contributed by atoms with van der Waals surface area (Å²) in [5, 5.41) is 13.6. The quantitative estimate of drug-likeness (QED) is 0.796. The summed E-state index contributed by atoms with van der Waals surface area (Å²) in [6.07, 6.45) is 0. The molecule has 0 spiro atoms. The Morgan fingerprint density at radius 2 is 1.84 bits per heavy atom. The predicted molar refractivity (Wildman–Crippen MR) is 79.4 cm³/mol. The summed E-state index contributed by atoms with van der Waals surface area (Å²) in [5.41, 5.74) is 0.314. The van der Waals surface area contributed by atoms with E-state index < -0.39 is 5.60 Å². The molecule has 0 amide bonds. The van der Waals surface area contributed by atoms with Crippen molar-refractivity contribution in [2.24, 2.45) is 5.92 Å². The van der Waals surface area contributed by atoms with Crippen molar-refractivity contribution in [3.63, 3.8) is 0 Å². The maximum Gasteiger partial charge on any atom is 0.123 e. The fourth-order valence-corrected chi connectivity index (χ4v) is 1.50. The van der Waals surface area contributed by atoms with E-state index in [0.29, 0.717) is 12.6 Å². The third kappa shape index (κ3) is 5.21. The molecule has 1 unspecified atom stereocenters. The molecule has 3 heteroatoms. The van der Waals surface area contributed by atoms with E-state index in [1.54, 1.807) is 0 Å². The Kier molecular flexibility index (Phi) is 5.83. The molecule has 0 aliphatic heterocycles. The average molecular weight is 265 g/mol. The van der Waals surface area contributed by atoms with Gasteiger partial charge in [-0.2, -0.15) is 0 Å². The summed E-state index contributed by atoms with van der Waals surface area (Å²) < 4.78 is 5.81. The lowest BCUT2D eigenvalue weighted by Crippen LogP contribution is -2.38. The van der Waals surface area contributed by atoms with Crippen LogP contribution in [-0.2, 0) is 6.54 Å². The number of hydrogen-bond acceptors (Lipinski definition) is 3. The average Bonchev–Trinajstić information content (AvgIpc) is 2.34. The van der Waals surface area contributed by atoms with Gasteiger partial charge in [-0.3, -0.25) is 0 Å². The van der Waals surface area contributed by atoms with Crippen LogP contribution >= 0.6 is 0 Å². The van der Waals surface area contributed by atoms with Crippen LogP contribution in [0.4, 0.5) is 0 Å². The summed E-state index contributed by atoms with van der Waals surface area (Å²) in [4.78, 5) is 0. The van der Waals surface area contributed by atoms with E-state index in [0.717, 1.165) is 17.9 Å². The molecule has 0 saturated heterocycles. The molecule has 0 aliphatic carbocycles. The third-order valence-electron chi connectivity index (χ3n) is 3.44. The zero-order chi connectivity index (χ0) is 14.5. The molecule has 0 aromatic heterocycles.